The monoisotopic (exact) mass is 284 g/mol. The van der Waals surface area contributed by atoms with E-state index in [0.29, 0.717) is 35.1 Å². The molecule has 2 aromatic rings. The minimum Gasteiger partial charge on any atom is -0.494 e. The van der Waals surface area contributed by atoms with Crippen LogP contribution < -0.4 is 10.5 Å². The number of hydrogen-bond donors (Lipinski definition) is 1. The summed E-state index contributed by atoms with van der Waals surface area (Å²) in [6, 6.07) is 9.56. The van der Waals surface area contributed by atoms with Crippen LogP contribution in [0.5, 0.6) is 5.75 Å². The maximum absolute atomic E-state index is 9.38. The number of methoxy groups -OCH3 is 1. The molecule has 1 atom stereocenters. The van der Waals surface area contributed by atoms with Crippen LogP contribution >= 0.6 is 0 Å². The van der Waals surface area contributed by atoms with E-state index in [9.17, 15) is 5.26 Å². The highest BCUT2D eigenvalue weighted by Gasteiger charge is 2.27. The van der Waals surface area contributed by atoms with Crippen molar-refractivity contribution in [2.45, 2.75) is 18.9 Å². The van der Waals surface area contributed by atoms with Crippen molar-refractivity contribution in [2.75, 3.05) is 19.5 Å². The number of nitrogens with zero attached hydrogens (tertiary/aromatic N) is 3. The number of ether oxygens (including phenoxy) is 2. The van der Waals surface area contributed by atoms with Crippen LogP contribution in [0.25, 0.3) is 5.69 Å². The fourth-order valence-electron chi connectivity index (χ4n) is 2.57. The summed E-state index contributed by atoms with van der Waals surface area (Å²) in [6.07, 6.45) is 1.67. The molecule has 1 aliphatic heterocycles. The summed E-state index contributed by atoms with van der Waals surface area (Å²) in [4.78, 5) is 0. The van der Waals surface area contributed by atoms with Gasteiger partial charge in [-0.3, -0.25) is 0 Å². The molecule has 1 aliphatic rings. The first-order valence-electron chi connectivity index (χ1n) is 6.79. The van der Waals surface area contributed by atoms with Crippen molar-refractivity contribution in [1.82, 2.24) is 9.78 Å². The van der Waals surface area contributed by atoms with Crippen molar-refractivity contribution < 1.29 is 9.47 Å². The van der Waals surface area contributed by atoms with Gasteiger partial charge in [-0.1, -0.05) is 12.1 Å². The number of benzene rings is 1. The maximum Gasteiger partial charge on any atom is 0.145 e. The number of hydrogen-bond acceptors (Lipinski definition) is 5. The van der Waals surface area contributed by atoms with Crippen LogP contribution in [0.2, 0.25) is 0 Å². The van der Waals surface area contributed by atoms with Crippen LogP contribution in [0.4, 0.5) is 5.82 Å². The second-order valence-electron chi connectivity index (χ2n) is 4.84. The SMILES string of the molecule is COc1ccccc1-n1nc([C@@H]2CCCO2)c(C#N)c1N. The Morgan fingerprint density at radius 1 is 1.48 bits per heavy atom. The van der Waals surface area contributed by atoms with Crippen LogP contribution in [0, 0.1) is 11.3 Å². The zero-order valence-corrected chi connectivity index (χ0v) is 11.7. The van der Waals surface area contributed by atoms with Gasteiger partial charge < -0.3 is 15.2 Å². The van der Waals surface area contributed by atoms with Crippen LogP contribution in [-0.4, -0.2) is 23.5 Å². The molecule has 0 amide bonds. The molecule has 1 aromatic carbocycles. The molecule has 1 saturated heterocycles. The Morgan fingerprint density at radius 3 is 2.95 bits per heavy atom. The van der Waals surface area contributed by atoms with Crippen LogP contribution in [0.15, 0.2) is 24.3 Å². The molecule has 2 heterocycles. The topological polar surface area (TPSA) is 86.1 Å². The molecule has 21 heavy (non-hydrogen) atoms. The largest absolute Gasteiger partial charge is 0.494 e. The molecule has 0 aliphatic carbocycles. The van der Waals surface area contributed by atoms with E-state index < -0.39 is 0 Å². The van der Waals surface area contributed by atoms with Gasteiger partial charge in [-0.25, -0.2) is 4.68 Å². The molecule has 2 N–H and O–H groups in total. The Kier molecular flexibility index (Phi) is 3.50. The smallest absolute Gasteiger partial charge is 0.145 e. The van der Waals surface area contributed by atoms with Gasteiger partial charge in [0.25, 0.3) is 0 Å². The highest BCUT2D eigenvalue weighted by molar-refractivity contribution is 5.59. The Bertz CT molecular complexity index is 696. The van der Waals surface area contributed by atoms with E-state index >= 15 is 0 Å². The predicted molar refractivity (Wildman–Crippen MR) is 77.2 cm³/mol. The van der Waals surface area contributed by atoms with Gasteiger partial charge in [-0.15, -0.1) is 0 Å². The number of rotatable bonds is 3. The quantitative estimate of drug-likeness (QED) is 0.933. The summed E-state index contributed by atoms with van der Waals surface area (Å²) in [5, 5.41) is 13.9. The highest BCUT2D eigenvalue weighted by Crippen LogP contribution is 2.34. The molecular weight excluding hydrogens is 268 g/mol. The lowest BCUT2D eigenvalue weighted by atomic mass is 10.1. The molecular formula is C15H16N4O2. The summed E-state index contributed by atoms with van der Waals surface area (Å²) < 4.78 is 12.5. The number of nitrogens with two attached hydrogens (primary N) is 1. The number of aromatic nitrogens is 2. The van der Waals surface area contributed by atoms with Crippen molar-refractivity contribution in [1.29, 1.82) is 5.26 Å². The first kappa shape index (κ1) is 13.5. The number of nitrogen functional groups attached to an aromatic ring is 1. The molecule has 0 bridgehead atoms. The first-order chi connectivity index (χ1) is 10.3. The average Bonchev–Trinajstić information content (AvgIpc) is 3.14. The summed E-state index contributed by atoms with van der Waals surface area (Å²) in [7, 11) is 1.59. The maximum atomic E-state index is 9.38. The minimum atomic E-state index is -0.155. The highest BCUT2D eigenvalue weighted by atomic mass is 16.5. The second-order valence-corrected chi connectivity index (χ2v) is 4.84. The Labute approximate surface area is 122 Å². The van der Waals surface area contributed by atoms with Gasteiger partial charge in [-0.05, 0) is 25.0 Å². The third kappa shape index (κ3) is 2.22. The zero-order chi connectivity index (χ0) is 14.8. The van der Waals surface area contributed by atoms with E-state index in [4.69, 9.17) is 15.2 Å². The molecule has 108 valence electrons. The third-order valence-electron chi connectivity index (χ3n) is 3.61. The molecule has 1 fully saturated rings. The van der Waals surface area contributed by atoms with Gasteiger partial charge in [0.15, 0.2) is 0 Å². The molecule has 3 rings (SSSR count). The predicted octanol–water partition coefficient (Wildman–Crippen LogP) is 2.19. The summed E-state index contributed by atoms with van der Waals surface area (Å²) in [5.74, 6) is 0.961. The lowest BCUT2D eigenvalue weighted by molar-refractivity contribution is 0.108. The van der Waals surface area contributed by atoms with Crippen molar-refractivity contribution in [2.24, 2.45) is 0 Å². The lowest BCUT2D eigenvalue weighted by Gasteiger charge is -2.09. The number of para-hydroxylation sites is 2. The van der Waals surface area contributed by atoms with Gasteiger partial charge in [0, 0.05) is 6.61 Å². The zero-order valence-electron chi connectivity index (χ0n) is 11.7. The van der Waals surface area contributed by atoms with Crippen molar-refractivity contribution in [3.63, 3.8) is 0 Å². The number of anilines is 1. The molecule has 0 radical (unpaired) electrons. The standard InChI is InChI=1S/C15H16N4O2/c1-20-12-6-3-2-5-11(12)19-15(17)10(9-16)14(18-19)13-7-4-8-21-13/h2-3,5-6,13H,4,7-8,17H2,1H3/t13-/m0/s1. The molecule has 0 unspecified atom stereocenters. The van der Waals surface area contributed by atoms with E-state index in [1.54, 1.807) is 11.8 Å². The number of nitriles is 1. The molecule has 6 heteroatoms. The Balaban J connectivity index is 2.13. The molecule has 1 aromatic heterocycles. The first-order valence-corrected chi connectivity index (χ1v) is 6.79. The van der Waals surface area contributed by atoms with Gasteiger partial charge >= 0.3 is 0 Å². The van der Waals surface area contributed by atoms with E-state index in [1.165, 1.54) is 0 Å². The fraction of sp³-hybridized carbons (Fsp3) is 0.333. The molecule has 0 saturated carbocycles. The van der Waals surface area contributed by atoms with Gasteiger partial charge in [0.05, 0.1) is 7.11 Å². The van der Waals surface area contributed by atoms with E-state index in [1.807, 2.05) is 24.3 Å². The normalized spacial score (nSPS) is 17.6. The van der Waals surface area contributed by atoms with Crippen molar-refractivity contribution in [3.05, 3.63) is 35.5 Å². The van der Waals surface area contributed by atoms with Crippen molar-refractivity contribution >= 4 is 5.82 Å². The summed E-state index contributed by atoms with van der Waals surface area (Å²) in [5.41, 5.74) is 7.80. The summed E-state index contributed by atoms with van der Waals surface area (Å²) >= 11 is 0. The fourth-order valence-corrected chi connectivity index (χ4v) is 2.57. The van der Waals surface area contributed by atoms with E-state index in [2.05, 4.69) is 11.2 Å². The van der Waals surface area contributed by atoms with Crippen LogP contribution in [0.3, 0.4) is 0 Å². The summed E-state index contributed by atoms with van der Waals surface area (Å²) in [6.45, 7) is 0.691. The minimum absolute atomic E-state index is 0.155. The average molecular weight is 284 g/mol. The molecule has 0 spiro atoms. The van der Waals surface area contributed by atoms with Gasteiger partial charge in [-0.2, -0.15) is 10.4 Å². The van der Waals surface area contributed by atoms with Gasteiger partial charge in [0.2, 0.25) is 0 Å². The third-order valence-corrected chi connectivity index (χ3v) is 3.61. The van der Waals surface area contributed by atoms with Crippen molar-refractivity contribution in [3.8, 4) is 17.5 Å². The molecule has 6 nitrogen and oxygen atoms in total. The Morgan fingerprint density at radius 2 is 2.29 bits per heavy atom. The van der Waals surface area contributed by atoms with Crippen LogP contribution in [0.1, 0.15) is 30.2 Å². The Hall–Kier alpha value is -2.52. The van der Waals surface area contributed by atoms with Crippen LogP contribution in [-0.2, 0) is 4.74 Å². The van der Waals surface area contributed by atoms with Gasteiger partial charge in [0.1, 0.15) is 40.7 Å². The van der Waals surface area contributed by atoms with E-state index in [-0.39, 0.29) is 6.10 Å². The van der Waals surface area contributed by atoms with E-state index in [0.717, 1.165) is 12.8 Å². The second kappa shape index (κ2) is 5.46. The lowest BCUT2D eigenvalue weighted by Crippen LogP contribution is -2.05.